The summed E-state index contributed by atoms with van der Waals surface area (Å²) < 4.78 is 40.1. The third-order valence-corrected chi connectivity index (χ3v) is 5.74. The maximum atomic E-state index is 13.7. The summed E-state index contributed by atoms with van der Waals surface area (Å²) in [6.07, 6.45) is 0.843. The van der Waals surface area contributed by atoms with Gasteiger partial charge in [-0.3, -0.25) is 9.67 Å². The number of aliphatic imine (C=N–C) groups is 1. The zero-order valence-corrected chi connectivity index (χ0v) is 19.4. The second kappa shape index (κ2) is 11.3. The predicted molar refractivity (Wildman–Crippen MR) is 120 cm³/mol. The molecule has 7 nitrogen and oxygen atoms in total. The van der Waals surface area contributed by atoms with Gasteiger partial charge in [0.1, 0.15) is 10.7 Å². The van der Waals surface area contributed by atoms with Crippen molar-refractivity contribution in [1.29, 1.82) is 0 Å². The van der Waals surface area contributed by atoms with Crippen LogP contribution in [-0.4, -0.2) is 50.0 Å². The highest BCUT2D eigenvalue weighted by Crippen LogP contribution is 2.14. The summed E-state index contributed by atoms with van der Waals surface area (Å²) in [5.41, 5.74) is 2.11. The number of hydrogen-bond donors (Lipinski definition) is 2. The van der Waals surface area contributed by atoms with E-state index in [-0.39, 0.29) is 41.2 Å². The number of nitrogens with one attached hydrogen (secondary N) is 2. The molecule has 0 spiro atoms. The molecule has 0 amide bonds. The third-order valence-electron chi connectivity index (χ3n) is 4.00. The highest BCUT2D eigenvalue weighted by Gasteiger charge is 2.18. The molecule has 1 aromatic heterocycles. The standard InChI is InChI=1S/C18H26FN5O2S.HI/c1-14-13-15(2)24(23-14)11-6-9-21-18(20-3)22-10-12-27(25,26)17-8-5-4-7-16(17)19;/h4-5,7-8,13H,6,9-12H2,1-3H3,(H2,20,21,22);1H. The number of sulfone groups is 1. The first-order valence-corrected chi connectivity index (χ1v) is 10.4. The van der Waals surface area contributed by atoms with Crippen molar-refractivity contribution < 1.29 is 12.8 Å². The fraction of sp³-hybridized carbons (Fsp3) is 0.444. The van der Waals surface area contributed by atoms with Crippen LogP contribution in [0.15, 0.2) is 40.2 Å². The van der Waals surface area contributed by atoms with Gasteiger partial charge in [0.15, 0.2) is 15.8 Å². The normalized spacial score (nSPS) is 11.8. The van der Waals surface area contributed by atoms with Crippen LogP contribution in [0.3, 0.4) is 0 Å². The van der Waals surface area contributed by atoms with Crippen LogP contribution in [0.5, 0.6) is 0 Å². The van der Waals surface area contributed by atoms with Crippen LogP contribution in [0.1, 0.15) is 17.8 Å². The first kappa shape index (κ1) is 24.3. The maximum absolute atomic E-state index is 13.7. The van der Waals surface area contributed by atoms with Crippen LogP contribution < -0.4 is 10.6 Å². The van der Waals surface area contributed by atoms with Gasteiger partial charge in [-0.25, -0.2) is 12.8 Å². The van der Waals surface area contributed by atoms with Crippen molar-refractivity contribution in [3.63, 3.8) is 0 Å². The molecule has 0 saturated carbocycles. The Morgan fingerprint density at radius 3 is 2.50 bits per heavy atom. The van der Waals surface area contributed by atoms with E-state index in [9.17, 15) is 12.8 Å². The summed E-state index contributed by atoms with van der Waals surface area (Å²) in [5.74, 6) is -0.448. The van der Waals surface area contributed by atoms with Crippen molar-refractivity contribution in [1.82, 2.24) is 20.4 Å². The van der Waals surface area contributed by atoms with E-state index in [0.29, 0.717) is 12.5 Å². The number of rotatable bonds is 8. The van der Waals surface area contributed by atoms with E-state index in [4.69, 9.17) is 0 Å². The number of aryl methyl sites for hydroxylation is 3. The van der Waals surface area contributed by atoms with Gasteiger partial charge in [0.25, 0.3) is 0 Å². The summed E-state index contributed by atoms with van der Waals surface area (Å²) in [5, 5.41) is 10.5. The van der Waals surface area contributed by atoms with Crippen molar-refractivity contribution >= 4 is 39.8 Å². The summed E-state index contributed by atoms with van der Waals surface area (Å²) >= 11 is 0. The number of aromatic nitrogens is 2. The molecule has 0 fully saturated rings. The molecule has 156 valence electrons. The first-order valence-electron chi connectivity index (χ1n) is 8.76. The van der Waals surface area contributed by atoms with Gasteiger partial charge in [0.2, 0.25) is 0 Å². The van der Waals surface area contributed by atoms with Crippen molar-refractivity contribution in [3.05, 3.63) is 47.5 Å². The highest BCUT2D eigenvalue weighted by molar-refractivity contribution is 14.0. The highest BCUT2D eigenvalue weighted by atomic mass is 127. The van der Waals surface area contributed by atoms with Gasteiger partial charge < -0.3 is 10.6 Å². The summed E-state index contributed by atoms with van der Waals surface area (Å²) in [4.78, 5) is 3.79. The molecule has 0 aliphatic carbocycles. The largest absolute Gasteiger partial charge is 0.356 e. The number of halogens is 2. The molecule has 2 rings (SSSR count). The molecular weight excluding hydrogens is 496 g/mol. The second-order valence-corrected chi connectivity index (χ2v) is 8.26. The monoisotopic (exact) mass is 523 g/mol. The fourth-order valence-corrected chi connectivity index (χ4v) is 3.91. The Morgan fingerprint density at radius 1 is 1.21 bits per heavy atom. The van der Waals surface area contributed by atoms with Gasteiger partial charge in [0.05, 0.1) is 11.4 Å². The van der Waals surface area contributed by atoms with E-state index in [1.54, 1.807) is 7.05 Å². The van der Waals surface area contributed by atoms with Crippen LogP contribution in [0.4, 0.5) is 4.39 Å². The molecular formula is C18H27FIN5O2S. The number of hydrogen-bond acceptors (Lipinski definition) is 4. The van der Waals surface area contributed by atoms with Crippen LogP contribution >= 0.6 is 24.0 Å². The minimum Gasteiger partial charge on any atom is -0.356 e. The maximum Gasteiger partial charge on any atom is 0.191 e. The van der Waals surface area contributed by atoms with Crippen LogP contribution in [0.2, 0.25) is 0 Å². The molecule has 0 radical (unpaired) electrons. The van der Waals surface area contributed by atoms with Crippen molar-refractivity contribution in [3.8, 4) is 0 Å². The molecule has 0 saturated heterocycles. The van der Waals surface area contributed by atoms with Crippen LogP contribution in [0.25, 0.3) is 0 Å². The minimum absolute atomic E-state index is 0. The van der Waals surface area contributed by atoms with Gasteiger partial charge in [-0.05, 0) is 38.5 Å². The van der Waals surface area contributed by atoms with Gasteiger partial charge in [-0.15, -0.1) is 24.0 Å². The smallest absolute Gasteiger partial charge is 0.191 e. The number of nitrogens with zero attached hydrogens (tertiary/aromatic N) is 3. The van der Waals surface area contributed by atoms with Gasteiger partial charge in [0, 0.05) is 32.4 Å². The van der Waals surface area contributed by atoms with Gasteiger partial charge in [-0.2, -0.15) is 5.10 Å². The van der Waals surface area contributed by atoms with Crippen molar-refractivity contribution in [2.24, 2.45) is 4.99 Å². The Kier molecular flexibility index (Phi) is 9.87. The minimum atomic E-state index is -3.69. The van der Waals surface area contributed by atoms with Gasteiger partial charge >= 0.3 is 0 Å². The molecule has 1 heterocycles. The van der Waals surface area contributed by atoms with E-state index in [1.807, 2.05) is 24.6 Å². The summed E-state index contributed by atoms with van der Waals surface area (Å²) in [6.45, 7) is 5.56. The lowest BCUT2D eigenvalue weighted by molar-refractivity contribution is 0.555. The Balaban J connectivity index is 0.00000392. The lowest BCUT2D eigenvalue weighted by Crippen LogP contribution is -2.40. The lowest BCUT2D eigenvalue weighted by Gasteiger charge is -2.12. The third kappa shape index (κ3) is 7.04. The zero-order chi connectivity index (χ0) is 19.9. The second-order valence-electron chi connectivity index (χ2n) is 6.18. The van der Waals surface area contributed by atoms with E-state index in [0.717, 1.165) is 30.4 Å². The molecule has 0 bridgehead atoms. The van der Waals surface area contributed by atoms with E-state index >= 15 is 0 Å². The Labute approximate surface area is 182 Å². The Hall–Kier alpha value is -1.69. The average molecular weight is 523 g/mol. The molecule has 0 aliphatic rings. The first-order chi connectivity index (χ1) is 12.8. The Bertz CT molecular complexity index is 899. The molecule has 10 heteroatoms. The molecule has 0 atom stereocenters. The topological polar surface area (TPSA) is 88.4 Å². The van der Waals surface area contributed by atoms with Crippen LogP contribution in [0, 0.1) is 19.7 Å². The predicted octanol–water partition coefficient (Wildman–Crippen LogP) is 2.29. The number of benzene rings is 1. The van der Waals surface area contributed by atoms with Crippen molar-refractivity contribution in [2.45, 2.75) is 31.7 Å². The van der Waals surface area contributed by atoms with E-state index < -0.39 is 15.7 Å². The summed E-state index contributed by atoms with van der Waals surface area (Å²) in [6, 6.07) is 7.42. The molecule has 2 aromatic rings. The average Bonchev–Trinajstić information content (AvgIpc) is 2.94. The lowest BCUT2D eigenvalue weighted by atomic mass is 10.3. The van der Waals surface area contributed by atoms with E-state index in [2.05, 4.69) is 20.7 Å². The number of guanidine groups is 1. The Morgan fingerprint density at radius 2 is 1.89 bits per heavy atom. The molecule has 0 unspecified atom stereocenters. The molecule has 2 N–H and O–H groups in total. The zero-order valence-electron chi connectivity index (χ0n) is 16.3. The molecule has 28 heavy (non-hydrogen) atoms. The van der Waals surface area contributed by atoms with Gasteiger partial charge in [-0.1, -0.05) is 12.1 Å². The van der Waals surface area contributed by atoms with E-state index in [1.165, 1.54) is 18.2 Å². The SMILES string of the molecule is CN=C(NCCCn1nc(C)cc1C)NCCS(=O)(=O)c1ccccc1F.I. The quantitative estimate of drug-likeness (QED) is 0.240. The molecule has 0 aliphatic heterocycles. The van der Waals surface area contributed by atoms with Crippen molar-refractivity contribution in [2.75, 3.05) is 25.9 Å². The fourth-order valence-electron chi connectivity index (χ4n) is 2.67. The summed E-state index contributed by atoms with van der Waals surface area (Å²) in [7, 11) is -2.08. The van der Waals surface area contributed by atoms with Crippen LogP contribution in [-0.2, 0) is 16.4 Å². The molecule has 1 aromatic carbocycles.